The molecule has 0 radical (unpaired) electrons. The quantitative estimate of drug-likeness (QED) is 0.598. The Labute approximate surface area is 121 Å². The fourth-order valence-electron chi connectivity index (χ4n) is 1.39. The minimum atomic E-state index is -1.99. The van der Waals surface area contributed by atoms with E-state index in [0.717, 1.165) is 0 Å². The Bertz CT molecular complexity index is 365. The summed E-state index contributed by atoms with van der Waals surface area (Å²) in [5, 5.41) is 10.4. The second-order valence-electron chi connectivity index (χ2n) is 6.21. The normalized spacial score (nSPS) is 15.2. The smallest absolute Gasteiger partial charge is 0.343 e. The Morgan fingerprint density at radius 3 is 2.20 bits per heavy atom. The summed E-state index contributed by atoms with van der Waals surface area (Å²) in [7, 11) is 1.20. The average molecular weight is 286 g/mol. The zero-order valence-electron chi connectivity index (χ0n) is 13.2. The van der Waals surface area contributed by atoms with Crippen LogP contribution in [0.25, 0.3) is 0 Å². The fourth-order valence-corrected chi connectivity index (χ4v) is 1.39. The van der Waals surface area contributed by atoms with Gasteiger partial charge in [-0.15, -0.1) is 0 Å². The van der Waals surface area contributed by atoms with Gasteiger partial charge in [-0.2, -0.15) is 0 Å². The summed E-state index contributed by atoms with van der Waals surface area (Å²) in [4.78, 5) is 23.4. The van der Waals surface area contributed by atoms with Gasteiger partial charge in [0.05, 0.1) is 13.5 Å². The molecule has 0 spiro atoms. The summed E-state index contributed by atoms with van der Waals surface area (Å²) in [6, 6.07) is 0. The molecule has 0 aliphatic rings. The van der Waals surface area contributed by atoms with Crippen molar-refractivity contribution in [3.63, 3.8) is 0 Å². The Morgan fingerprint density at radius 2 is 1.80 bits per heavy atom. The molecule has 0 aliphatic heterocycles. The van der Waals surface area contributed by atoms with Crippen LogP contribution < -0.4 is 0 Å². The van der Waals surface area contributed by atoms with Crippen molar-refractivity contribution in [3.8, 4) is 0 Å². The number of esters is 2. The number of aliphatic hydroxyl groups is 1. The number of carbonyl (C=O) groups is 2. The average Bonchev–Trinajstić information content (AvgIpc) is 2.25. The minimum Gasteiger partial charge on any atom is -0.469 e. The largest absolute Gasteiger partial charge is 0.469 e. The third-order valence-electron chi connectivity index (χ3n) is 2.39. The van der Waals surface area contributed by atoms with E-state index in [1.807, 2.05) is 13.8 Å². The van der Waals surface area contributed by atoms with E-state index < -0.39 is 29.6 Å². The van der Waals surface area contributed by atoms with Gasteiger partial charge in [0, 0.05) is 0 Å². The molecular formula is C15H26O5. The van der Waals surface area contributed by atoms with Crippen molar-refractivity contribution in [2.24, 2.45) is 5.92 Å². The van der Waals surface area contributed by atoms with Crippen molar-refractivity contribution >= 4 is 11.9 Å². The topological polar surface area (TPSA) is 72.8 Å². The summed E-state index contributed by atoms with van der Waals surface area (Å²) >= 11 is 0. The predicted molar refractivity (Wildman–Crippen MR) is 76.0 cm³/mol. The van der Waals surface area contributed by atoms with Crippen LogP contribution in [0.4, 0.5) is 0 Å². The Kier molecular flexibility index (Phi) is 6.92. The molecule has 116 valence electrons. The molecule has 1 unspecified atom stereocenters. The number of allylic oxidation sites excluding steroid dienone is 1. The van der Waals surface area contributed by atoms with Crippen molar-refractivity contribution in [2.45, 2.75) is 58.7 Å². The highest BCUT2D eigenvalue weighted by molar-refractivity contribution is 5.87. The number of hydrogen-bond acceptors (Lipinski definition) is 5. The van der Waals surface area contributed by atoms with E-state index in [4.69, 9.17) is 4.74 Å². The summed E-state index contributed by atoms with van der Waals surface area (Å²) in [6.45, 7) is 9.11. The van der Waals surface area contributed by atoms with Crippen LogP contribution in [0.2, 0.25) is 0 Å². The maximum Gasteiger partial charge on any atom is 0.343 e. The van der Waals surface area contributed by atoms with Crippen LogP contribution in [-0.2, 0) is 19.1 Å². The lowest BCUT2D eigenvalue weighted by atomic mass is 9.97. The zero-order valence-corrected chi connectivity index (χ0v) is 13.2. The summed E-state index contributed by atoms with van der Waals surface area (Å²) in [5.74, 6) is -1.14. The summed E-state index contributed by atoms with van der Waals surface area (Å²) in [5.41, 5.74) is -2.73. The number of rotatable bonds is 6. The van der Waals surface area contributed by atoms with Crippen LogP contribution in [0.1, 0.15) is 47.5 Å². The lowest BCUT2D eigenvalue weighted by molar-refractivity contribution is -0.176. The molecule has 0 aliphatic carbocycles. The molecule has 0 rings (SSSR count). The molecule has 0 bridgehead atoms. The van der Waals surface area contributed by atoms with Crippen LogP contribution >= 0.6 is 0 Å². The fraction of sp³-hybridized carbons (Fsp3) is 0.733. The Morgan fingerprint density at radius 1 is 1.25 bits per heavy atom. The van der Waals surface area contributed by atoms with Crippen molar-refractivity contribution in [1.82, 2.24) is 0 Å². The first-order chi connectivity index (χ1) is 9.00. The lowest BCUT2D eigenvalue weighted by Crippen LogP contribution is -2.43. The van der Waals surface area contributed by atoms with E-state index in [1.54, 1.807) is 26.8 Å². The molecule has 5 heteroatoms. The molecule has 5 nitrogen and oxygen atoms in total. The van der Waals surface area contributed by atoms with Gasteiger partial charge in [0.25, 0.3) is 0 Å². The highest BCUT2D eigenvalue weighted by atomic mass is 16.6. The van der Waals surface area contributed by atoms with E-state index in [0.29, 0.717) is 12.3 Å². The van der Waals surface area contributed by atoms with Gasteiger partial charge < -0.3 is 14.6 Å². The Balaban J connectivity index is 5.08. The lowest BCUT2D eigenvalue weighted by Gasteiger charge is -2.27. The number of carbonyl (C=O) groups excluding carboxylic acids is 2. The van der Waals surface area contributed by atoms with Crippen molar-refractivity contribution in [3.05, 3.63) is 12.2 Å². The van der Waals surface area contributed by atoms with E-state index in [2.05, 4.69) is 4.74 Å². The van der Waals surface area contributed by atoms with Crippen LogP contribution in [0, 0.1) is 5.92 Å². The monoisotopic (exact) mass is 286 g/mol. The molecule has 0 saturated heterocycles. The van der Waals surface area contributed by atoms with Gasteiger partial charge in [-0.1, -0.05) is 19.9 Å². The van der Waals surface area contributed by atoms with Crippen LogP contribution in [0.5, 0.6) is 0 Å². The molecular weight excluding hydrogens is 260 g/mol. The van der Waals surface area contributed by atoms with Crippen LogP contribution in [-0.4, -0.2) is 35.4 Å². The van der Waals surface area contributed by atoms with Crippen LogP contribution in [0.3, 0.4) is 0 Å². The molecule has 20 heavy (non-hydrogen) atoms. The van der Waals surface area contributed by atoms with Gasteiger partial charge in [0.15, 0.2) is 5.60 Å². The highest BCUT2D eigenvalue weighted by Crippen LogP contribution is 2.21. The van der Waals surface area contributed by atoms with Crippen molar-refractivity contribution < 1.29 is 24.2 Å². The maximum atomic E-state index is 12.1. The van der Waals surface area contributed by atoms with Gasteiger partial charge in [-0.3, -0.25) is 4.79 Å². The number of ether oxygens (including phenoxy) is 2. The minimum absolute atomic E-state index is 0.382. The Hall–Kier alpha value is -1.36. The standard InChI is InChI=1S/C15H26O5/c1-11(2)8-7-9-15(18,10-12(16)19-6)13(17)20-14(3,4)5/h7,9,11,18H,8,10H2,1-6H3. The van der Waals surface area contributed by atoms with Crippen molar-refractivity contribution in [2.75, 3.05) is 7.11 Å². The van der Waals surface area contributed by atoms with E-state index in [9.17, 15) is 14.7 Å². The van der Waals surface area contributed by atoms with Crippen LogP contribution in [0.15, 0.2) is 12.2 Å². The predicted octanol–water partition coefficient (Wildman–Crippen LogP) is 2.22. The SMILES string of the molecule is COC(=O)CC(O)(C=CCC(C)C)C(=O)OC(C)(C)C. The second-order valence-corrected chi connectivity index (χ2v) is 6.21. The molecule has 0 fully saturated rings. The van der Waals surface area contributed by atoms with Gasteiger partial charge in [0.1, 0.15) is 5.60 Å². The van der Waals surface area contributed by atoms with Gasteiger partial charge in [-0.05, 0) is 39.2 Å². The van der Waals surface area contributed by atoms with Gasteiger partial charge >= 0.3 is 11.9 Å². The molecule has 0 aromatic rings. The van der Waals surface area contributed by atoms with E-state index in [-0.39, 0.29) is 0 Å². The third-order valence-corrected chi connectivity index (χ3v) is 2.39. The summed E-state index contributed by atoms with van der Waals surface area (Å²) in [6.07, 6.45) is 3.22. The van der Waals surface area contributed by atoms with E-state index in [1.165, 1.54) is 13.2 Å². The maximum absolute atomic E-state index is 12.1. The van der Waals surface area contributed by atoms with Crippen molar-refractivity contribution in [1.29, 1.82) is 0 Å². The third kappa shape index (κ3) is 7.28. The zero-order chi connectivity index (χ0) is 16.0. The molecule has 1 atom stereocenters. The van der Waals surface area contributed by atoms with E-state index >= 15 is 0 Å². The molecule has 1 N–H and O–H groups in total. The highest BCUT2D eigenvalue weighted by Gasteiger charge is 2.39. The first-order valence-corrected chi connectivity index (χ1v) is 6.70. The van der Waals surface area contributed by atoms with Gasteiger partial charge in [0.2, 0.25) is 0 Å². The number of methoxy groups -OCH3 is 1. The first-order valence-electron chi connectivity index (χ1n) is 6.70. The molecule has 0 aromatic heterocycles. The number of hydrogen-bond donors (Lipinski definition) is 1. The van der Waals surface area contributed by atoms with Gasteiger partial charge in [-0.25, -0.2) is 4.79 Å². The molecule has 0 amide bonds. The second kappa shape index (κ2) is 7.43. The summed E-state index contributed by atoms with van der Waals surface area (Å²) < 4.78 is 9.67. The first kappa shape index (κ1) is 18.6. The molecule has 0 aromatic carbocycles. The molecule has 0 heterocycles. The molecule has 0 saturated carbocycles.